The SMILES string of the molecule is Cc1cc2cc(C#N)ncc2n1C=O. The Morgan fingerprint density at radius 1 is 1.57 bits per heavy atom. The zero-order chi connectivity index (χ0) is 10.1. The van der Waals surface area contributed by atoms with Crippen LogP contribution in [0.4, 0.5) is 0 Å². The van der Waals surface area contributed by atoms with Crippen LogP contribution in [0.1, 0.15) is 11.4 Å². The molecule has 2 rings (SSSR count). The summed E-state index contributed by atoms with van der Waals surface area (Å²) in [6.07, 6.45) is 2.28. The van der Waals surface area contributed by atoms with Crippen LogP contribution in [-0.2, 0) is 4.79 Å². The first-order valence-corrected chi connectivity index (χ1v) is 4.09. The van der Waals surface area contributed by atoms with E-state index in [9.17, 15) is 4.79 Å². The van der Waals surface area contributed by atoms with Gasteiger partial charge in [0.25, 0.3) is 0 Å². The number of aryl methyl sites for hydroxylation is 1. The van der Waals surface area contributed by atoms with E-state index in [1.165, 1.54) is 10.8 Å². The van der Waals surface area contributed by atoms with E-state index in [1.54, 1.807) is 6.07 Å². The molecule has 0 saturated carbocycles. The predicted octanol–water partition coefficient (Wildman–Crippen LogP) is 1.25. The maximum atomic E-state index is 10.7. The fourth-order valence-corrected chi connectivity index (χ4v) is 1.47. The quantitative estimate of drug-likeness (QED) is 0.628. The molecular weight excluding hydrogens is 178 g/mol. The van der Waals surface area contributed by atoms with E-state index >= 15 is 0 Å². The highest BCUT2D eigenvalue weighted by molar-refractivity contribution is 5.86. The van der Waals surface area contributed by atoms with E-state index in [1.807, 2.05) is 19.1 Å². The van der Waals surface area contributed by atoms with Crippen LogP contribution >= 0.6 is 0 Å². The third-order valence-electron chi connectivity index (χ3n) is 2.14. The third-order valence-corrected chi connectivity index (χ3v) is 2.14. The van der Waals surface area contributed by atoms with Gasteiger partial charge in [0.05, 0.1) is 11.7 Å². The Morgan fingerprint density at radius 2 is 2.36 bits per heavy atom. The van der Waals surface area contributed by atoms with Gasteiger partial charge >= 0.3 is 0 Å². The number of aromatic nitrogens is 2. The Morgan fingerprint density at radius 3 is 3.00 bits per heavy atom. The number of carbonyl (C=O) groups excluding carboxylic acids is 1. The summed E-state index contributed by atoms with van der Waals surface area (Å²) in [5.41, 5.74) is 1.93. The van der Waals surface area contributed by atoms with Crippen LogP contribution < -0.4 is 0 Å². The van der Waals surface area contributed by atoms with Crippen LogP contribution in [0.15, 0.2) is 18.3 Å². The molecular formula is C10H7N3O. The molecule has 4 heteroatoms. The zero-order valence-electron chi connectivity index (χ0n) is 7.56. The molecule has 0 N–H and O–H groups in total. The van der Waals surface area contributed by atoms with Gasteiger partial charge in [0.1, 0.15) is 11.8 Å². The van der Waals surface area contributed by atoms with Crippen LogP contribution in [0.5, 0.6) is 0 Å². The molecule has 0 bridgehead atoms. The van der Waals surface area contributed by atoms with Crippen LogP contribution in [0.25, 0.3) is 10.9 Å². The number of pyridine rings is 1. The van der Waals surface area contributed by atoms with Crippen molar-refractivity contribution in [2.24, 2.45) is 0 Å². The van der Waals surface area contributed by atoms with Crippen molar-refractivity contribution in [1.82, 2.24) is 9.55 Å². The second-order valence-corrected chi connectivity index (χ2v) is 3.00. The minimum Gasteiger partial charge on any atom is -0.286 e. The van der Waals surface area contributed by atoms with Gasteiger partial charge in [-0.1, -0.05) is 0 Å². The van der Waals surface area contributed by atoms with Crippen molar-refractivity contribution >= 4 is 17.3 Å². The lowest BCUT2D eigenvalue weighted by atomic mass is 10.2. The summed E-state index contributed by atoms with van der Waals surface area (Å²) >= 11 is 0. The molecule has 0 aromatic carbocycles. The molecule has 0 aliphatic heterocycles. The predicted molar refractivity (Wildman–Crippen MR) is 51.3 cm³/mol. The standard InChI is InChI=1S/C10H7N3O/c1-7-2-8-3-9(4-11)12-5-10(8)13(7)6-14/h2-3,5-6H,1H3. The fourth-order valence-electron chi connectivity index (χ4n) is 1.47. The summed E-state index contributed by atoms with van der Waals surface area (Å²) < 4.78 is 1.50. The van der Waals surface area contributed by atoms with Crippen molar-refractivity contribution < 1.29 is 4.79 Å². The van der Waals surface area contributed by atoms with E-state index in [0.717, 1.165) is 23.0 Å². The highest BCUT2D eigenvalue weighted by Gasteiger charge is 2.05. The number of rotatable bonds is 1. The van der Waals surface area contributed by atoms with E-state index in [0.29, 0.717) is 5.69 Å². The Labute approximate surface area is 80.4 Å². The number of nitrogens with zero attached hydrogens (tertiary/aromatic N) is 3. The molecule has 68 valence electrons. The molecule has 2 heterocycles. The molecule has 0 radical (unpaired) electrons. The summed E-state index contributed by atoms with van der Waals surface area (Å²) in [4.78, 5) is 14.6. The van der Waals surface area contributed by atoms with Crippen LogP contribution in [0, 0.1) is 18.3 Å². The summed E-state index contributed by atoms with van der Waals surface area (Å²) in [5, 5.41) is 9.50. The Balaban J connectivity index is 2.82. The zero-order valence-corrected chi connectivity index (χ0v) is 7.56. The van der Waals surface area contributed by atoms with Crippen molar-refractivity contribution in [2.75, 3.05) is 0 Å². The maximum Gasteiger partial charge on any atom is 0.218 e. The van der Waals surface area contributed by atoms with Gasteiger partial charge in [-0.2, -0.15) is 5.26 Å². The van der Waals surface area contributed by atoms with Crippen LogP contribution in [0.2, 0.25) is 0 Å². The Kier molecular flexibility index (Phi) is 1.79. The van der Waals surface area contributed by atoms with Crippen molar-refractivity contribution in [3.05, 3.63) is 29.7 Å². The van der Waals surface area contributed by atoms with Gasteiger partial charge in [0.15, 0.2) is 0 Å². The molecule has 0 amide bonds. The van der Waals surface area contributed by atoms with Crippen molar-refractivity contribution in [2.45, 2.75) is 6.92 Å². The highest BCUT2D eigenvalue weighted by atomic mass is 16.1. The summed E-state index contributed by atoms with van der Waals surface area (Å²) in [6.45, 7) is 1.83. The van der Waals surface area contributed by atoms with Gasteiger partial charge in [0, 0.05) is 11.1 Å². The minimum atomic E-state index is 0.362. The molecule has 2 aromatic heterocycles. The fraction of sp³-hybridized carbons (Fsp3) is 0.100. The van der Waals surface area contributed by atoms with Crippen LogP contribution in [0.3, 0.4) is 0 Å². The molecule has 0 atom stereocenters. The van der Waals surface area contributed by atoms with Crippen LogP contribution in [-0.4, -0.2) is 16.0 Å². The molecule has 0 aliphatic rings. The first kappa shape index (κ1) is 8.45. The van der Waals surface area contributed by atoms with E-state index in [4.69, 9.17) is 5.26 Å². The molecule has 0 fully saturated rings. The number of nitriles is 1. The lowest BCUT2D eigenvalue weighted by Crippen LogP contribution is -1.96. The van der Waals surface area contributed by atoms with Gasteiger partial charge in [-0.05, 0) is 19.1 Å². The number of hydrogen-bond donors (Lipinski definition) is 0. The topological polar surface area (TPSA) is 58.7 Å². The van der Waals surface area contributed by atoms with Gasteiger partial charge < -0.3 is 0 Å². The molecule has 0 aliphatic carbocycles. The largest absolute Gasteiger partial charge is 0.286 e. The maximum absolute atomic E-state index is 10.7. The second kappa shape index (κ2) is 2.96. The van der Waals surface area contributed by atoms with E-state index in [2.05, 4.69) is 4.98 Å². The van der Waals surface area contributed by atoms with Crippen molar-refractivity contribution in [3.8, 4) is 6.07 Å². The number of fused-ring (bicyclic) bond motifs is 1. The summed E-state index contributed by atoms with van der Waals surface area (Å²) in [6, 6.07) is 5.48. The molecule has 14 heavy (non-hydrogen) atoms. The molecule has 2 aromatic rings. The number of hydrogen-bond acceptors (Lipinski definition) is 3. The monoisotopic (exact) mass is 185 g/mol. The normalized spacial score (nSPS) is 10.0. The van der Waals surface area contributed by atoms with Gasteiger partial charge in [-0.15, -0.1) is 0 Å². The minimum absolute atomic E-state index is 0.362. The number of carbonyl (C=O) groups is 1. The summed E-state index contributed by atoms with van der Waals surface area (Å²) in [7, 11) is 0. The third kappa shape index (κ3) is 1.07. The van der Waals surface area contributed by atoms with Gasteiger partial charge in [-0.25, -0.2) is 4.98 Å². The smallest absolute Gasteiger partial charge is 0.218 e. The summed E-state index contributed by atoms with van der Waals surface area (Å²) in [5.74, 6) is 0. The average molecular weight is 185 g/mol. The molecule has 0 unspecified atom stereocenters. The van der Waals surface area contributed by atoms with Gasteiger partial charge in [0.2, 0.25) is 6.41 Å². The lowest BCUT2D eigenvalue weighted by Gasteiger charge is -1.95. The van der Waals surface area contributed by atoms with Crippen molar-refractivity contribution in [1.29, 1.82) is 5.26 Å². The average Bonchev–Trinajstić information content (AvgIpc) is 2.51. The van der Waals surface area contributed by atoms with Crippen molar-refractivity contribution in [3.63, 3.8) is 0 Å². The molecule has 4 nitrogen and oxygen atoms in total. The first-order valence-electron chi connectivity index (χ1n) is 4.09. The van der Waals surface area contributed by atoms with Gasteiger partial charge in [-0.3, -0.25) is 9.36 Å². The first-order chi connectivity index (χ1) is 6.76. The highest BCUT2D eigenvalue weighted by Crippen LogP contribution is 2.17. The van der Waals surface area contributed by atoms with E-state index < -0.39 is 0 Å². The lowest BCUT2D eigenvalue weighted by molar-refractivity contribution is 0.548. The Bertz CT molecular complexity index is 548. The van der Waals surface area contributed by atoms with E-state index in [-0.39, 0.29) is 0 Å². The molecule has 0 spiro atoms. The molecule has 0 saturated heterocycles. The second-order valence-electron chi connectivity index (χ2n) is 3.00. The Hall–Kier alpha value is -2.15.